The normalized spacial score (nSPS) is 11.6. The van der Waals surface area contributed by atoms with E-state index in [1.807, 2.05) is 30.3 Å². The monoisotopic (exact) mass is 393 g/mol. The maximum absolute atomic E-state index is 9.42. The number of hydrogen-bond donors (Lipinski definition) is 2. The minimum Gasteiger partial charge on any atom is -0.392 e. The van der Waals surface area contributed by atoms with Gasteiger partial charge >= 0.3 is 0 Å². The molecule has 0 heterocycles. The minimum atomic E-state index is 0.00492. The molecule has 0 saturated carbocycles. The van der Waals surface area contributed by atoms with Gasteiger partial charge in [0.05, 0.1) is 6.61 Å². The fourth-order valence-electron chi connectivity index (χ4n) is 3.22. The Morgan fingerprint density at radius 2 is 1.58 bits per heavy atom. The van der Waals surface area contributed by atoms with E-state index in [2.05, 4.69) is 19.2 Å². The van der Waals surface area contributed by atoms with E-state index in [1.165, 1.54) is 49.9 Å². The number of nitrogens with one attached hydrogen (secondary N) is 1. The van der Waals surface area contributed by atoms with Gasteiger partial charge in [0.25, 0.3) is 0 Å². The summed E-state index contributed by atoms with van der Waals surface area (Å²) in [7, 11) is 0. The molecule has 1 aliphatic carbocycles. The van der Waals surface area contributed by atoms with Gasteiger partial charge in [0.1, 0.15) is 0 Å². The molecule has 0 unspecified atom stereocenters. The van der Waals surface area contributed by atoms with Gasteiger partial charge < -0.3 is 10.4 Å². The van der Waals surface area contributed by atoms with Gasteiger partial charge in [0.2, 0.25) is 0 Å². The van der Waals surface area contributed by atoms with Gasteiger partial charge in [-0.1, -0.05) is 56.0 Å². The second-order valence-electron chi connectivity index (χ2n) is 6.69. The predicted octanol–water partition coefficient (Wildman–Crippen LogP) is 6.23. The van der Waals surface area contributed by atoms with Crippen LogP contribution in [-0.2, 0) is 13.0 Å². The quantitative estimate of drug-likeness (QED) is 0.466. The van der Waals surface area contributed by atoms with Crippen LogP contribution in [0.5, 0.6) is 0 Å². The van der Waals surface area contributed by atoms with Crippen molar-refractivity contribution in [2.45, 2.75) is 52.6 Å². The van der Waals surface area contributed by atoms with Crippen LogP contribution in [0, 0.1) is 0 Å². The summed E-state index contributed by atoms with van der Waals surface area (Å²) in [5, 5.41) is 14.2. The highest BCUT2D eigenvalue weighted by Gasteiger charge is 2.21. The molecule has 0 atom stereocenters. The van der Waals surface area contributed by atoms with Crippen LogP contribution in [0.4, 0.5) is 0 Å². The molecule has 142 valence electrons. The standard InChI is InChI=1S/C14H10Cl2O.C8H19N/c15-11-1-2-13-8(4-11)3-9-5-12(16)6-10(7-17)14(9)13;1-3-5-7-9-8-6-4-2/h1-2,4-6,17H,3,7H2;9H,3-8H2,1-2H3. The lowest BCUT2D eigenvalue weighted by Gasteiger charge is -2.08. The van der Waals surface area contributed by atoms with E-state index >= 15 is 0 Å². The second-order valence-corrected chi connectivity index (χ2v) is 7.57. The number of benzene rings is 2. The molecule has 2 N–H and O–H groups in total. The van der Waals surface area contributed by atoms with Crippen molar-refractivity contribution >= 4 is 23.2 Å². The van der Waals surface area contributed by atoms with Crippen molar-refractivity contribution in [3.63, 3.8) is 0 Å². The number of aliphatic hydroxyl groups is 1. The van der Waals surface area contributed by atoms with Crippen LogP contribution < -0.4 is 5.32 Å². The first-order valence-electron chi connectivity index (χ1n) is 9.52. The average Bonchev–Trinajstić information content (AvgIpc) is 2.98. The van der Waals surface area contributed by atoms with Gasteiger partial charge in [-0.25, -0.2) is 0 Å². The van der Waals surface area contributed by atoms with Gasteiger partial charge in [-0.05, 0) is 84.4 Å². The molecule has 2 nitrogen and oxygen atoms in total. The zero-order chi connectivity index (χ0) is 18.9. The SMILES string of the molecule is CCCCNCCCC.OCc1cc(Cl)cc2c1-c1ccc(Cl)cc1C2. The van der Waals surface area contributed by atoms with Crippen molar-refractivity contribution in [1.29, 1.82) is 0 Å². The molecule has 4 heteroatoms. The van der Waals surface area contributed by atoms with Gasteiger partial charge in [-0.2, -0.15) is 0 Å². The van der Waals surface area contributed by atoms with Crippen molar-refractivity contribution in [2.75, 3.05) is 13.1 Å². The molecule has 0 aliphatic heterocycles. The first-order chi connectivity index (χ1) is 12.6. The first-order valence-corrected chi connectivity index (χ1v) is 10.3. The Labute approximate surface area is 167 Å². The lowest BCUT2D eigenvalue weighted by molar-refractivity contribution is 0.282. The predicted molar refractivity (Wildman–Crippen MR) is 113 cm³/mol. The Balaban J connectivity index is 0.000000232. The third kappa shape index (κ3) is 5.72. The van der Waals surface area contributed by atoms with E-state index in [0.29, 0.717) is 5.02 Å². The highest BCUT2D eigenvalue weighted by Crippen LogP contribution is 2.41. The first kappa shape index (κ1) is 21.2. The van der Waals surface area contributed by atoms with Gasteiger partial charge in [-0.15, -0.1) is 0 Å². The highest BCUT2D eigenvalue weighted by molar-refractivity contribution is 6.31. The fourth-order valence-corrected chi connectivity index (χ4v) is 3.68. The summed E-state index contributed by atoms with van der Waals surface area (Å²) >= 11 is 12.0. The van der Waals surface area contributed by atoms with Crippen LogP contribution in [0.2, 0.25) is 10.0 Å². The molecule has 1 aliphatic rings. The average molecular weight is 394 g/mol. The Bertz CT molecular complexity index is 710. The van der Waals surface area contributed by atoms with Crippen molar-refractivity contribution in [3.05, 3.63) is 57.1 Å². The van der Waals surface area contributed by atoms with Gasteiger partial charge in [-0.3, -0.25) is 0 Å². The number of hydrogen-bond acceptors (Lipinski definition) is 2. The van der Waals surface area contributed by atoms with Crippen LogP contribution in [0.15, 0.2) is 30.3 Å². The number of unbranched alkanes of at least 4 members (excludes halogenated alkanes) is 2. The molecular formula is C22H29Cl2NO. The molecule has 0 spiro atoms. The Kier molecular flexibility index (Phi) is 8.94. The van der Waals surface area contributed by atoms with Crippen LogP contribution in [0.25, 0.3) is 11.1 Å². The Morgan fingerprint density at radius 1 is 0.923 bits per heavy atom. The Morgan fingerprint density at radius 3 is 2.19 bits per heavy atom. The topological polar surface area (TPSA) is 32.3 Å². The molecule has 26 heavy (non-hydrogen) atoms. The van der Waals surface area contributed by atoms with E-state index in [1.54, 1.807) is 0 Å². The molecule has 2 aromatic rings. The third-order valence-corrected chi connectivity index (χ3v) is 5.02. The smallest absolute Gasteiger partial charge is 0.0688 e. The number of rotatable bonds is 7. The molecule has 3 rings (SSSR count). The van der Waals surface area contributed by atoms with E-state index in [-0.39, 0.29) is 6.61 Å². The number of aliphatic hydroxyl groups excluding tert-OH is 1. The molecule has 0 amide bonds. The molecule has 0 saturated heterocycles. The van der Waals surface area contributed by atoms with Gasteiger partial charge in [0, 0.05) is 10.0 Å². The van der Waals surface area contributed by atoms with Crippen molar-refractivity contribution in [3.8, 4) is 11.1 Å². The van der Waals surface area contributed by atoms with Gasteiger partial charge in [0.15, 0.2) is 0 Å². The molecule has 2 aromatic carbocycles. The second kappa shape index (κ2) is 10.9. The summed E-state index contributed by atoms with van der Waals surface area (Å²) in [6.07, 6.45) is 6.09. The van der Waals surface area contributed by atoms with E-state index in [9.17, 15) is 5.11 Å². The maximum Gasteiger partial charge on any atom is 0.0688 e. The summed E-state index contributed by atoms with van der Waals surface area (Å²) in [6, 6.07) is 9.65. The largest absolute Gasteiger partial charge is 0.392 e. The summed E-state index contributed by atoms with van der Waals surface area (Å²) in [5.41, 5.74) is 5.52. The van der Waals surface area contributed by atoms with Crippen LogP contribution >= 0.6 is 23.2 Å². The summed E-state index contributed by atoms with van der Waals surface area (Å²) < 4.78 is 0. The fraction of sp³-hybridized carbons (Fsp3) is 0.455. The summed E-state index contributed by atoms with van der Waals surface area (Å²) in [4.78, 5) is 0. The van der Waals surface area contributed by atoms with Crippen molar-refractivity contribution in [1.82, 2.24) is 5.32 Å². The Hall–Kier alpha value is -1.06. The van der Waals surface area contributed by atoms with Crippen LogP contribution in [0.3, 0.4) is 0 Å². The molecular weight excluding hydrogens is 365 g/mol. The number of halogens is 2. The van der Waals surface area contributed by atoms with E-state index in [0.717, 1.165) is 28.1 Å². The molecule has 0 aromatic heterocycles. The highest BCUT2D eigenvalue weighted by atomic mass is 35.5. The van der Waals surface area contributed by atoms with E-state index in [4.69, 9.17) is 23.2 Å². The van der Waals surface area contributed by atoms with Crippen LogP contribution in [-0.4, -0.2) is 18.2 Å². The minimum absolute atomic E-state index is 0.00492. The summed E-state index contributed by atoms with van der Waals surface area (Å²) in [6.45, 7) is 6.86. The van der Waals surface area contributed by atoms with Crippen LogP contribution in [0.1, 0.15) is 56.2 Å². The molecule has 0 bridgehead atoms. The van der Waals surface area contributed by atoms with Crippen molar-refractivity contribution in [2.24, 2.45) is 0 Å². The lowest BCUT2D eigenvalue weighted by Crippen LogP contribution is -2.15. The zero-order valence-corrected chi connectivity index (χ0v) is 17.3. The van der Waals surface area contributed by atoms with Crippen molar-refractivity contribution < 1.29 is 5.11 Å². The third-order valence-electron chi connectivity index (χ3n) is 4.57. The molecule has 0 fully saturated rings. The zero-order valence-electron chi connectivity index (χ0n) is 15.7. The lowest BCUT2D eigenvalue weighted by atomic mass is 10.00. The van der Waals surface area contributed by atoms with E-state index < -0.39 is 0 Å². The number of fused-ring (bicyclic) bond motifs is 3. The molecule has 0 radical (unpaired) electrons. The summed E-state index contributed by atoms with van der Waals surface area (Å²) in [5.74, 6) is 0. The maximum atomic E-state index is 9.42.